The third-order valence-electron chi connectivity index (χ3n) is 0.819. The predicted octanol–water partition coefficient (Wildman–Crippen LogP) is 0.693. The van der Waals surface area contributed by atoms with Crippen molar-refractivity contribution in [3.63, 3.8) is 0 Å². The van der Waals surface area contributed by atoms with Crippen LogP contribution in [0, 0.1) is 6.92 Å². The van der Waals surface area contributed by atoms with Gasteiger partial charge in [0.15, 0.2) is 0 Å². The summed E-state index contributed by atoms with van der Waals surface area (Å²) in [4.78, 5) is 7.90. The molecule has 2 nitrogen and oxygen atoms in total. The summed E-state index contributed by atoms with van der Waals surface area (Å²) in [7, 11) is 0. The molecule has 1 rings (SSSR count). The van der Waals surface area contributed by atoms with E-state index in [0.29, 0.717) is 0 Å². The lowest BCUT2D eigenvalue weighted by molar-refractivity contribution is 1.31. The number of hydrogen-bond donors (Lipinski definition) is 0. The maximum absolute atomic E-state index is 3.99. The summed E-state index contributed by atoms with van der Waals surface area (Å²) in [6, 6.07) is 0. The van der Waals surface area contributed by atoms with E-state index in [1.807, 2.05) is 0 Å². The molecule has 0 atom stereocenters. The molecule has 0 aromatic rings. The van der Waals surface area contributed by atoms with Crippen LogP contribution in [-0.2, 0) is 0 Å². The lowest BCUT2D eigenvalue weighted by Crippen LogP contribution is -1.83. The first-order valence-electron chi connectivity index (χ1n) is 2.28. The summed E-state index contributed by atoms with van der Waals surface area (Å²) in [6.07, 6.45) is 2.51. The molecule has 1 aliphatic heterocycles. The van der Waals surface area contributed by atoms with Gasteiger partial charge in [-0.3, -0.25) is 4.99 Å². The minimum Gasteiger partial charge on any atom is -0.265 e. The largest absolute Gasteiger partial charge is 0.265 e. The molecule has 0 amide bonds. The molecule has 0 aliphatic carbocycles. The van der Waals surface area contributed by atoms with Crippen LogP contribution in [0.25, 0.3) is 0 Å². The van der Waals surface area contributed by atoms with Crippen LogP contribution in [0.4, 0.5) is 0 Å². The zero-order chi connectivity index (χ0) is 5.11. The number of hydrogen-bond acceptors (Lipinski definition) is 2. The van der Waals surface area contributed by atoms with Crippen LogP contribution < -0.4 is 0 Å². The standard InChI is InChI=1S/C5H7N2/c1-2-5-6-3-4-7-5/h3H,1-2,4H2. The molecule has 0 saturated carbocycles. The van der Waals surface area contributed by atoms with Gasteiger partial charge >= 0.3 is 0 Å². The number of aliphatic imine (C=N–C) groups is 2. The summed E-state index contributed by atoms with van der Waals surface area (Å²) in [6.45, 7) is 4.38. The van der Waals surface area contributed by atoms with Gasteiger partial charge in [-0.1, -0.05) is 0 Å². The molecule has 0 spiro atoms. The highest BCUT2D eigenvalue weighted by atomic mass is 15.0. The second kappa shape index (κ2) is 1.87. The molecule has 37 valence electrons. The van der Waals surface area contributed by atoms with Gasteiger partial charge in [-0.2, -0.15) is 0 Å². The third-order valence-corrected chi connectivity index (χ3v) is 0.819. The van der Waals surface area contributed by atoms with Gasteiger partial charge in [0.2, 0.25) is 0 Å². The van der Waals surface area contributed by atoms with Crippen LogP contribution in [0.5, 0.6) is 0 Å². The van der Waals surface area contributed by atoms with E-state index in [4.69, 9.17) is 0 Å². The quantitative estimate of drug-likeness (QED) is 0.458. The van der Waals surface area contributed by atoms with Gasteiger partial charge < -0.3 is 0 Å². The molecule has 0 bridgehead atoms. The molecule has 1 aliphatic rings. The van der Waals surface area contributed by atoms with Crippen LogP contribution in [0.3, 0.4) is 0 Å². The monoisotopic (exact) mass is 95.1 g/mol. The van der Waals surface area contributed by atoms with E-state index >= 15 is 0 Å². The molecule has 0 fully saturated rings. The molecule has 1 radical (unpaired) electrons. The van der Waals surface area contributed by atoms with Gasteiger partial charge in [-0.05, 0) is 6.92 Å². The van der Waals surface area contributed by atoms with Gasteiger partial charge in [-0.15, -0.1) is 0 Å². The zero-order valence-corrected chi connectivity index (χ0v) is 4.09. The first-order chi connectivity index (χ1) is 3.43. The highest BCUT2D eigenvalue weighted by Gasteiger charge is 1.93. The molecule has 1 heterocycles. The van der Waals surface area contributed by atoms with E-state index in [-0.39, 0.29) is 0 Å². The van der Waals surface area contributed by atoms with Gasteiger partial charge in [-0.25, -0.2) is 4.99 Å². The van der Waals surface area contributed by atoms with E-state index < -0.39 is 0 Å². The Morgan fingerprint density at radius 3 is 3.00 bits per heavy atom. The molecule has 0 N–H and O–H groups in total. The van der Waals surface area contributed by atoms with Crippen molar-refractivity contribution in [1.82, 2.24) is 0 Å². The van der Waals surface area contributed by atoms with Crippen molar-refractivity contribution in [3.05, 3.63) is 6.92 Å². The summed E-state index contributed by atoms with van der Waals surface area (Å²) < 4.78 is 0. The Bertz CT molecular complexity index is 113. The minimum absolute atomic E-state index is 0.719. The van der Waals surface area contributed by atoms with Crippen molar-refractivity contribution in [3.8, 4) is 0 Å². The summed E-state index contributed by atoms with van der Waals surface area (Å²) >= 11 is 0. The maximum Gasteiger partial charge on any atom is 0.123 e. The van der Waals surface area contributed by atoms with Gasteiger partial charge in [0, 0.05) is 12.6 Å². The van der Waals surface area contributed by atoms with Gasteiger partial charge in [0.25, 0.3) is 0 Å². The van der Waals surface area contributed by atoms with Crippen molar-refractivity contribution < 1.29 is 0 Å². The van der Waals surface area contributed by atoms with Gasteiger partial charge in [0.05, 0.1) is 6.54 Å². The zero-order valence-electron chi connectivity index (χ0n) is 4.09. The average molecular weight is 95.1 g/mol. The molecular formula is C5H7N2. The SMILES string of the molecule is [CH2]CC1=NCC=N1. The first kappa shape index (κ1) is 4.50. The fraction of sp³-hybridized carbons (Fsp3) is 0.400. The Hall–Kier alpha value is -0.660. The summed E-state index contributed by atoms with van der Waals surface area (Å²) in [5, 5.41) is 0. The molecule has 0 aromatic heterocycles. The Labute approximate surface area is 43.0 Å². The Morgan fingerprint density at radius 1 is 1.86 bits per heavy atom. The van der Waals surface area contributed by atoms with E-state index in [9.17, 15) is 0 Å². The van der Waals surface area contributed by atoms with Crippen LogP contribution in [0.1, 0.15) is 6.42 Å². The minimum atomic E-state index is 0.719. The molecule has 2 heteroatoms. The van der Waals surface area contributed by atoms with Crippen LogP contribution in [0.2, 0.25) is 0 Å². The second-order valence-corrected chi connectivity index (χ2v) is 1.32. The Balaban J connectivity index is 2.52. The summed E-state index contributed by atoms with van der Waals surface area (Å²) in [5.74, 6) is 0.875. The van der Waals surface area contributed by atoms with Crippen molar-refractivity contribution in [2.45, 2.75) is 6.42 Å². The highest BCUT2D eigenvalue weighted by Crippen LogP contribution is 1.91. The lowest BCUT2D eigenvalue weighted by Gasteiger charge is -1.81. The topological polar surface area (TPSA) is 24.7 Å². The summed E-state index contributed by atoms with van der Waals surface area (Å²) in [5.41, 5.74) is 0. The number of nitrogens with zero attached hydrogens (tertiary/aromatic N) is 2. The van der Waals surface area contributed by atoms with Crippen LogP contribution in [-0.4, -0.2) is 18.6 Å². The first-order valence-corrected chi connectivity index (χ1v) is 2.28. The van der Waals surface area contributed by atoms with E-state index in [1.165, 1.54) is 0 Å². The predicted molar refractivity (Wildman–Crippen MR) is 30.8 cm³/mol. The van der Waals surface area contributed by atoms with E-state index in [1.54, 1.807) is 6.21 Å². The fourth-order valence-corrected chi connectivity index (χ4v) is 0.477. The van der Waals surface area contributed by atoms with E-state index in [0.717, 1.165) is 18.8 Å². The molecular weight excluding hydrogens is 88.1 g/mol. The molecule has 0 aromatic carbocycles. The molecule has 0 saturated heterocycles. The lowest BCUT2D eigenvalue weighted by atomic mass is 10.5. The Morgan fingerprint density at radius 2 is 2.71 bits per heavy atom. The second-order valence-electron chi connectivity index (χ2n) is 1.32. The average Bonchev–Trinajstić information content (AvgIpc) is 2.14. The molecule has 7 heavy (non-hydrogen) atoms. The van der Waals surface area contributed by atoms with Crippen molar-refractivity contribution in [2.24, 2.45) is 9.98 Å². The maximum atomic E-state index is 3.99. The van der Waals surface area contributed by atoms with Crippen molar-refractivity contribution in [2.75, 3.05) is 6.54 Å². The van der Waals surface area contributed by atoms with Crippen LogP contribution in [0.15, 0.2) is 9.98 Å². The Kier molecular flexibility index (Phi) is 1.20. The van der Waals surface area contributed by atoms with E-state index in [2.05, 4.69) is 16.9 Å². The highest BCUT2D eigenvalue weighted by molar-refractivity contribution is 5.94. The normalized spacial score (nSPS) is 17.6. The smallest absolute Gasteiger partial charge is 0.123 e. The fourth-order valence-electron chi connectivity index (χ4n) is 0.477. The van der Waals surface area contributed by atoms with Crippen molar-refractivity contribution >= 4 is 12.1 Å². The number of rotatable bonds is 1. The van der Waals surface area contributed by atoms with Crippen molar-refractivity contribution in [1.29, 1.82) is 0 Å². The third kappa shape index (κ3) is 0.856. The van der Waals surface area contributed by atoms with Crippen LogP contribution >= 0.6 is 0 Å². The number of amidine groups is 1. The molecule has 0 unspecified atom stereocenters. The van der Waals surface area contributed by atoms with Gasteiger partial charge in [0.1, 0.15) is 5.84 Å².